The van der Waals surface area contributed by atoms with Crippen molar-refractivity contribution < 1.29 is 0 Å². The Hall–Kier alpha value is -1.00. The Morgan fingerprint density at radius 3 is 2.54 bits per heavy atom. The van der Waals surface area contributed by atoms with Gasteiger partial charge in [0.25, 0.3) is 0 Å². The van der Waals surface area contributed by atoms with Crippen molar-refractivity contribution in [1.82, 2.24) is 0 Å². The molecule has 0 saturated heterocycles. The minimum Gasteiger partial charge on any atom is -0.0981 e. The largest absolute Gasteiger partial charge is 0.0981 e. The summed E-state index contributed by atoms with van der Waals surface area (Å²) < 4.78 is 1.35. The van der Waals surface area contributed by atoms with Crippen LogP contribution in [-0.2, 0) is 19.3 Å². The monoisotopic (exact) mass is 446 g/mol. The number of rotatable bonds is 5. The standard InChI is InChI=1S/C22H23IS/c1-14(9-21-10-16(3)22(23)11-15(21)2)13-24-17(4)19-7-5-18-6-8-20(18)12-19/h5,7,10-13H,4,6,8-9H2,1-3H3/b14-13+. The van der Waals surface area contributed by atoms with Gasteiger partial charge in [0.2, 0.25) is 0 Å². The zero-order chi connectivity index (χ0) is 17.3. The molecule has 0 amide bonds. The van der Waals surface area contributed by atoms with Crippen LogP contribution in [0.15, 0.2) is 47.9 Å². The number of fused-ring (bicyclic) bond motifs is 1. The summed E-state index contributed by atoms with van der Waals surface area (Å²) in [4.78, 5) is 1.14. The number of thioether (sulfide) groups is 1. The smallest absolute Gasteiger partial charge is 0.0162 e. The predicted octanol–water partition coefficient (Wildman–Crippen LogP) is 6.86. The van der Waals surface area contributed by atoms with E-state index in [4.69, 9.17) is 0 Å². The first-order valence-electron chi connectivity index (χ1n) is 8.33. The van der Waals surface area contributed by atoms with E-state index in [1.807, 2.05) is 0 Å². The van der Waals surface area contributed by atoms with E-state index >= 15 is 0 Å². The molecule has 0 fully saturated rings. The van der Waals surface area contributed by atoms with Gasteiger partial charge >= 0.3 is 0 Å². The van der Waals surface area contributed by atoms with Crippen molar-refractivity contribution in [1.29, 1.82) is 0 Å². The maximum Gasteiger partial charge on any atom is 0.0162 e. The van der Waals surface area contributed by atoms with E-state index in [1.54, 1.807) is 11.8 Å². The van der Waals surface area contributed by atoms with Gasteiger partial charge in [-0.05, 0) is 107 Å². The van der Waals surface area contributed by atoms with E-state index in [9.17, 15) is 0 Å². The van der Waals surface area contributed by atoms with E-state index in [2.05, 4.69) is 85.7 Å². The Morgan fingerprint density at radius 1 is 1.12 bits per heavy atom. The number of hydrogen-bond acceptors (Lipinski definition) is 1. The van der Waals surface area contributed by atoms with Crippen molar-refractivity contribution in [3.8, 4) is 0 Å². The quantitative estimate of drug-likeness (QED) is 0.453. The topological polar surface area (TPSA) is 0 Å². The Balaban J connectivity index is 1.66. The minimum absolute atomic E-state index is 1.01. The van der Waals surface area contributed by atoms with Gasteiger partial charge in [-0.2, -0.15) is 0 Å². The summed E-state index contributed by atoms with van der Waals surface area (Å²) in [6.45, 7) is 10.9. The summed E-state index contributed by atoms with van der Waals surface area (Å²) in [6.07, 6.45) is 3.47. The summed E-state index contributed by atoms with van der Waals surface area (Å²) >= 11 is 4.16. The second kappa shape index (κ2) is 7.49. The first-order chi connectivity index (χ1) is 11.4. The molecule has 2 aromatic rings. The first kappa shape index (κ1) is 17.8. The third-order valence-corrected chi connectivity index (χ3v) is 6.88. The molecule has 1 aliphatic rings. The highest BCUT2D eigenvalue weighted by Gasteiger charge is 2.13. The van der Waals surface area contributed by atoms with Gasteiger partial charge < -0.3 is 0 Å². The molecule has 0 radical (unpaired) electrons. The maximum absolute atomic E-state index is 4.26. The lowest BCUT2D eigenvalue weighted by Crippen LogP contribution is -2.07. The molecule has 124 valence electrons. The van der Waals surface area contributed by atoms with Gasteiger partial charge in [0, 0.05) is 8.48 Å². The fourth-order valence-corrected chi connectivity index (χ4v) is 4.29. The van der Waals surface area contributed by atoms with Crippen LogP contribution in [0.4, 0.5) is 0 Å². The van der Waals surface area contributed by atoms with Crippen LogP contribution in [0.2, 0.25) is 0 Å². The molecular weight excluding hydrogens is 423 g/mol. The molecule has 0 N–H and O–H groups in total. The van der Waals surface area contributed by atoms with Crippen molar-refractivity contribution in [3.63, 3.8) is 0 Å². The van der Waals surface area contributed by atoms with Crippen LogP contribution < -0.4 is 0 Å². The van der Waals surface area contributed by atoms with Crippen LogP contribution in [0.3, 0.4) is 0 Å². The first-order valence-corrected chi connectivity index (χ1v) is 10.3. The summed E-state index contributed by atoms with van der Waals surface area (Å²) in [6, 6.07) is 11.4. The van der Waals surface area contributed by atoms with E-state index in [-0.39, 0.29) is 0 Å². The lowest BCUT2D eigenvalue weighted by atomic mass is 9.87. The summed E-state index contributed by atoms with van der Waals surface area (Å²) in [5, 5.41) is 2.26. The molecule has 1 aliphatic carbocycles. The van der Waals surface area contributed by atoms with E-state index in [1.165, 1.54) is 55.4 Å². The lowest BCUT2D eigenvalue weighted by Gasteiger charge is -2.19. The molecular formula is C22H23IS. The van der Waals surface area contributed by atoms with Crippen LogP contribution in [0.1, 0.15) is 40.3 Å². The number of aryl methyl sites for hydroxylation is 4. The SMILES string of the molecule is C=C(S/C=C(\C)Cc1cc(C)c(I)cc1C)c1ccc2c(c1)CC2. The van der Waals surface area contributed by atoms with Gasteiger partial charge in [0.1, 0.15) is 0 Å². The van der Waals surface area contributed by atoms with Gasteiger partial charge in [-0.15, -0.1) is 0 Å². The van der Waals surface area contributed by atoms with Crippen molar-refractivity contribution in [2.45, 2.75) is 40.0 Å². The van der Waals surface area contributed by atoms with E-state index in [0.717, 1.165) is 11.3 Å². The van der Waals surface area contributed by atoms with Crippen LogP contribution >= 0.6 is 34.4 Å². The van der Waals surface area contributed by atoms with Gasteiger partial charge in [-0.3, -0.25) is 0 Å². The molecule has 0 bridgehead atoms. The highest BCUT2D eigenvalue weighted by Crippen LogP contribution is 2.32. The third-order valence-electron chi connectivity index (χ3n) is 4.68. The molecule has 2 aromatic carbocycles. The van der Waals surface area contributed by atoms with E-state index in [0.29, 0.717) is 0 Å². The van der Waals surface area contributed by atoms with Crippen LogP contribution in [0.25, 0.3) is 4.91 Å². The molecule has 3 rings (SSSR count). The predicted molar refractivity (Wildman–Crippen MR) is 117 cm³/mol. The molecule has 0 unspecified atom stereocenters. The Kier molecular flexibility index (Phi) is 5.56. The van der Waals surface area contributed by atoms with Crippen molar-refractivity contribution in [2.75, 3.05) is 0 Å². The van der Waals surface area contributed by atoms with Gasteiger partial charge in [0.15, 0.2) is 0 Å². The summed E-state index contributed by atoms with van der Waals surface area (Å²) in [7, 11) is 0. The Bertz CT molecular complexity index is 830. The molecule has 0 aliphatic heterocycles. The van der Waals surface area contributed by atoms with Crippen molar-refractivity contribution >= 4 is 39.3 Å². The maximum atomic E-state index is 4.26. The second-order valence-electron chi connectivity index (χ2n) is 6.69. The molecule has 0 nitrogen and oxygen atoms in total. The third kappa shape index (κ3) is 3.97. The Morgan fingerprint density at radius 2 is 1.88 bits per heavy atom. The average molecular weight is 446 g/mol. The molecule has 2 heteroatoms. The van der Waals surface area contributed by atoms with Gasteiger partial charge in [-0.25, -0.2) is 0 Å². The zero-order valence-corrected chi connectivity index (χ0v) is 17.6. The highest BCUT2D eigenvalue weighted by molar-refractivity contribution is 14.1. The van der Waals surface area contributed by atoms with Crippen LogP contribution in [0.5, 0.6) is 0 Å². The lowest BCUT2D eigenvalue weighted by molar-refractivity contribution is 0.839. The number of benzene rings is 2. The molecule has 0 spiro atoms. The van der Waals surface area contributed by atoms with Crippen LogP contribution in [-0.4, -0.2) is 0 Å². The molecule has 24 heavy (non-hydrogen) atoms. The fourth-order valence-electron chi connectivity index (χ4n) is 2.98. The normalized spacial score (nSPS) is 13.4. The molecule has 0 heterocycles. The molecule has 0 saturated carbocycles. The van der Waals surface area contributed by atoms with E-state index < -0.39 is 0 Å². The summed E-state index contributed by atoms with van der Waals surface area (Å²) in [5.74, 6) is 0. The highest BCUT2D eigenvalue weighted by atomic mass is 127. The second-order valence-corrected chi connectivity index (χ2v) is 8.82. The fraction of sp³-hybridized carbons (Fsp3) is 0.273. The van der Waals surface area contributed by atoms with Crippen molar-refractivity contribution in [3.05, 3.63) is 84.8 Å². The Labute approximate surface area is 163 Å². The average Bonchev–Trinajstić information content (AvgIpc) is 2.51. The van der Waals surface area contributed by atoms with Crippen LogP contribution in [0, 0.1) is 17.4 Å². The zero-order valence-electron chi connectivity index (χ0n) is 14.6. The van der Waals surface area contributed by atoms with Crippen molar-refractivity contribution in [2.24, 2.45) is 0 Å². The molecule has 0 atom stereocenters. The number of hydrogen-bond donors (Lipinski definition) is 0. The van der Waals surface area contributed by atoms with Gasteiger partial charge in [0.05, 0.1) is 0 Å². The minimum atomic E-state index is 1.01. The number of halogens is 1. The summed E-state index contributed by atoms with van der Waals surface area (Å²) in [5.41, 5.74) is 9.83. The van der Waals surface area contributed by atoms with Gasteiger partial charge in [-0.1, -0.05) is 48.2 Å². The molecule has 0 aromatic heterocycles. The number of allylic oxidation sites excluding steroid dienone is 1.